The van der Waals surface area contributed by atoms with E-state index < -0.39 is 15.9 Å². The third-order valence-corrected chi connectivity index (χ3v) is 7.29. The molecule has 3 aromatic rings. The number of sulfonamides is 1. The molecule has 1 fully saturated rings. The van der Waals surface area contributed by atoms with Gasteiger partial charge in [0.25, 0.3) is 11.5 Å². The predicted molar refractivity (Wildman–Crippen MR) is 123 cm³/mol. The molecule has 1 amide bonds. The first-order valence-electron chi connectivity index (χ1n) is 10.3. The molecule has 0 saturated carbocycles. The van der Waals surface area contributed by atoms with Crippen molar-refractivity contribution in [3.05, 3.63) is 70.1 Å². The van der Waals surface area contributed by atoms with E-state index in [0.29, 0.717) is 48.4 Å². The number of morpholine rings is 1. The second-order valence-corrected chi connectivity index (χ2v) is 9.44. The Morgan fingerprint density at radius 3 is 2.36 bits per heavy atom. The van der Waals surface area contributed by atoms with E-state index in [9.17, 15) is 18.0 Å². The van der Waals surface area contributed by atoms with Crippen molar-refractivity contribution >= 4 is 32.4 Å². The fraction of sp³-hybridized carbons (Fsp3) is 0.273. The average molecular weight is 470 g/mol. The van der Waals surface area contributed by atoms with E-state index >= 15 is 0 Å². The summed E-state index contributed by atoms with van der Waals surface area (Å²) in [4.78, 5) is 25.2. The number of nitrogens with one attached hydrogen (secondary N) is 1. The van der Waals surface area contributed by atoms with Crippen LogP contribution in [0, 0.1) is 0 Å². The van der Waals surface area contributed by atoms with Crippen molar-refractivity contribution in [1.82, 2.24) is 19.5 Å². The topological polar surface area (TPSA) is 123 Å². The highest BCUT2D eigenvalue weighted by atomic mass is 32.2. The van der Waals surface area contributed by atoms with Crippen LogP contribution in [0.2, 0.25) is 0 Å². The van der Waals surface area contributed by atoms with Gasteiger partial charge in [0.15, 0.2) is 5.69 Å². The molecule has 1 aliphatic heterocycles. The number of fused-ring (bicyclic) bond motifs is 1. The van der Waals surface area contributed by atoms with Crippen molar-refractivity contribution in [2.75, 3.05) is 26.3 Å². The Hall–Kier alpha value is -3.41. The molecule has 0 aliphatic carbocycles. The van der Waals surface area contributed by atoms with Gasteiger partial charge >= 0.3 is 0 Å². The molecule has 1 N–H and O–H groups in total. The normalized spacial score (nSPS) is 15.5. The van der Waals surface area contributed by atoms with E-state index in [1.54, 1.807) is 43.3 Å². The molecule has 33 heavy (non-hydrogen) atoms. The number of hydrogen-bond acceptors (Lipinski definition) is 7. The number of carbonyl (C=O) groups excluding carboxylic acids is 1. The summed E-state index contributed by atoms with van der Waals surface area (Å²) in [6.45, 7) is 3.10. The molecule has 10 nitrogen and oxygen atoms in total. The van der Waals surface area contributed by atoms with E-state index in [1.165, 1.54) is 23.5 Å². The Morgan fingerprint density at radius 2 is 1.70 bits per heavy atom. The maximum atomic E-state index is 12.8. The second-order valence-electron chi connectivity index (χ2n) is 7.50. The van der Waals surface area contributed by atoms with Crippen molar-refractivity contribution in [3.63, 3.8) is 0 Å². The van der Waals surface area contributed by atoms with Gasteiger partial charge in [-0.05, 0) is 30.7 Å². The van der Waals surface area contributed by atoms with Crippen molar-refractivity contribution in [1.29, 1.82) is 0 Å². The molecule has 1 aliphatic rings. The van der Waals surface area contributed by atoms with Gasteiger partial charge in [0.05, 0.1) is 29.2 Å². The van der Waals surface area contributed by atoms with Gasteiger partial charge in [0.1, 0.15) is 0 Å². The fourth-order valence-corrected chi connectivity index (χ4v) is 4.93. The number of carbonyl (C=O) groups is 1. The zero-order valence-corrected chi connectivity index (χ0v) is 19.0. The van der Waals surface area contributed by atoms with Crippen LogP contribution in [0.15, 0.2) is 63.3 Å². The summed E-state index contributed by atoms with van der Waals surface area (Å²) in [5.74, 6) is -0.562. The van der Waals surface area contributed by atoms with E-state index in [2.05, 4.69) is 15.6 Å². The fourth-order valence-electron chi connectivity index (χ4n) is 3.52. The predicted octanol–water partition coefficient (Wildman–Crippen LogP) is 1.11. The Labute approximate surface area is 190 Å². The molecule has 2 aromatic carbocycles. The van der Waals surface area contributed by atoms with Crippen LogP contribution in [-0.2, 0) is 21.8 Å². The maximum Gasteiger partial charge on any atom is 0.292 e. The largest absolute Gasteiger partial charge is 0.379 e. The summed E-state index contributed by atoms with van der Waals surface area (Å²) in [7, 11) is -2.11. The SMILES string of the molecule is C/C(=N\NC(=O)c1nn(C)c(=O)c2ccccc12)c1ccc(S(=O)(=O)N2CCOCC2)cc1. The van der Waals surface area contributed by atoms with Gasteiger partial charge in [-0.25, -0.2) is 18.5 Å². The first kappa shape index (κ1) is 22.8. The van der Waals surface area contributed by atoms with Gasteiger partial charge in [-0.3, -0.25) is 9.59 Å². The van der Waals surface area contributed by atoms with Crippen LogP contribution in [0.1, 0.15) is 23.0 Å². The highest BCUT2D eigenvalue weighted by molar-refractivity contribution is 7.89. The summed E-state index contributed by atoms with van der Waals surface area (Å²) in [5.41, 5.74) is 3.37. The summed E-state index contributed by atoms with van der Waals surface area (Å²) >= 11 is 0. The number of aryl methyl sites for hydroxylation is 1. The molecule has 0 radical (unpaired) electrons. The molecular weight excluding hydrogens is 446 g/mol. The number of nitrogens with zero attached hydrogens (tertiary/aromatic N) is 4. The quantitative estimate of drug-likeness (QED) is 0.441. The van der Waals surface area contributed by atoms with Crippen LogP contribution in [0.25, 0.3) is 10.8 Å². The minimum atomic E-state index is -3.59. The molecule has 0 bridgehead atoms. The zero-order chi connectivity index (χ0) is 23.6. The molecular formula is C22H23N5O5S. The third kappa shape index (κ3) is 4.56. The number of benzene rings is 2. The smallest absolute Gasteiger partial charge is 0.292 e. The van der Waals surface area contributed by atoms with E-state index in [-0.39, 0.29) is 16.1 Å². The minimum Gasteiger partial charge on any atom is -0.379 e. The number of rotatable bonds is 5. The minimum absolute atomic E-state index is 0.0798. The number of hydrazone groups is 1. The molecule has 0 atom stereocenters. The molecule has 4 rings (SSSR count). The number of aromatic nitrogens is 2. The monoisotopic (exact) mass is 469 g/mol. The van der Waals surface area contributed by atoms with Crippen molar-refractivity contribution in [3.8, 4) is 0 Å². The Kier molecular flexibility index (Phi) is 6.36. The van der Waals surface area contributed by atoms with Gasteiger partial charge in [0.2, 0.25) is 10.0 Å². The maximum absolute atomic E-state index is 12.8. The highest BCUT2D eigenvalue weighted by Crippen LogP contribution is 2.18. The lowest BCUT2D eigenvalue weighted by atomic mass is 10.1. The molecule has 1 saturated heterocycles. The second kappa shape index (κ2) is 9.22. The molecule has 11 heteroatoms. The van der Waals surface area contributed by atoms with Crippen LogP contribution in [0.5, 0.6) is 0 Å². The van der Waals surface area contributed by atoms with Gasteiger partial charge in [-0.1, -0.05) is 30.3 Å². The lowest BCUT2D eigenvalue weighted by Crippen LogP contribution is -2.40. The molecule has 0 spiro atoms. The van der Waals surface area contributed by atoms with Gasteiger partial charge in [-0.2, -0.15) is 14.5 Å². The van der Waals surface area contributed by atoms with E-state index in [4.69, 9.17) is 4.74 Å². The molecule has 172 valence electrons. The highest BCUT2D eigenvalue weighted by Gasteiger charge is 2.26. The van der Waals surface area contributed by atoms with Crippen LogP contribution in [0.3, 0.4) is 0 Å². The summed E-state index contributed by atoms with van der Waals surface area (Å²) in [5, 5.41) is 9.02. The van der Waals surface area contributed by atoms with E-state index in [1.807, 2.05) is 0 Å². The average Bonchev–Trinajstić information content (AvgIpc) is 2.85. The lowest BCUT2D eigenvalue weighted by molar-refractivity contribution is 0.0730. The standard InChI is InChI=1S/C22H23N5O5S/c1-15(16-7-9-17(10-8-16)33(30,31)27-11-13-32-14-12-27)23-24-21(28)20-18-5-3-4-6-19(18)22(29)26(2)25-20/h3-10H,11-14H2,1-2H3,(H,24,28)/b23-15+. The number of ether oxygens (including phenoxy) is 1. The Morgan fingerprint density at radius 1 is 1.06 bits per heavy atom. The van der Waals surface area contributed by atoms with E-state index in [0.717, 1.165) is 4.68 Å². The first-order chi connectivity index (χ1) is 15.8. The zero-order valence-electron chi connectivity index (χ0n) is 18.2. The first-order valence-corrected chi connectivity index (χ1v) is 11.7. The summed E-state index contributed by atoms with van der Waals surface area (Å²) < 4.78 is 33.2. The van der Waals surface area contributed by atoms with Gasteiger partial charge < -0.3 is 4.74 Å². The number of amides is 1. The van der Waals surface area contributed by atoms with Gasteiger partial charge in [0, 0.05) is 25.5 Å². The van der Waals surface area contributed by atoms with Crippen molar-refractivity contribution < 1.29 is 17.9 Å². The van der Waals surface area contributed by atoms with Crippen LogP contribution >= 0.6 is 0 Å². The summed E-state index contributed by atoms with van der Waals surface area (Å²) in [6.07, 6.45) is 0. The Balaban J connectivity index is 1.53. The molecule has 1 aromatic heterocycles. The lowest BCUT2D eigenvalue weighted by Gasteiger charge is -2.26. The number of hydrogen-bond donors (Lipinski definition) is 1. The third-order valence-electron chi connectivity index (χ3n) is 5.38. The summed E-state index contributed by atoms with van der Waals surface area (Å²) in [6, 6.07) is 13.0. The van der Waals surface area contributed by atoms with Gasteiger partial charge in [-0.15, -0.1) is 0 Å². The molecule has 2 heterocycles. The Bertz CT molecular complexity index is 1390. The molecule has 0 unspecified atom stereocenters. The van der Waals surface area contributed by atoms with Crippen LogP contribution in [-0.4, -0.2) is 60.4 Å². The van der Waals surface area contributed by atoms with Crippen molar-refractivity contribution in [2.45, 2.75) is 11.8 Å². The van der Waals surface area contributed by atoms with Crippen LogP contribution < -0.4 is 11.0 Å². The van der Waals surface area contributed by atoms with Crippen LogP contribution in [0.4, 0.5) is 0 Å². The van der Waals surface area contributed by atoms with Crippen molar-refractivity contribution in [2.24, 2.45) is 12.1 Å².